The van der Waals surface area contributed by atoms with Gasteiger partial charge in [0.25, 0.3) is 10.0 Å². The smallest absolute Gasteiger partial charge is 0.475 e. The lowest BCUT2D eigenvalue weighted by Crippen LogP contribution is -2.21. The fourth-order valence-corrected chi connectivity index (χ4v) is 3.82. The molecule has 0 saturated carbocycles. The zero-order valence-corrected chi connectivity index (χ0v) is 19.3. The quantitative estimate of drug-likeness (QED) is 0.478. The zero-order chi connectivity index (χ0) is 27.9. The molecule has 2 N–H and O–H groups in total. The van der Waals surface area contributed by atoms with E-state index in [9.17, 15) is 34.8 Å². The van der Waals surface area contributed by atoms with Gasteiger partial charge in [0.1, 0.15) is 4.90 Å². The Morgan fingerprint density at radius 2 is 1.47 bits per heavy atom. The Kier molecular flexibility index (Phi) is 10.00. The van der Waals surface area contributed by atoms with Crippen molar-refractivity contribution in [2.45, 2.75) is 23.8 Å². The molecular weight excluding hydrogens is 524 g/mol. The van der Waals surface area contributed by atoms with Crippen molar-refractivity contribution < 1.29 is 54.6 Å². The first kappa shape index (κ1) is 30.4. The summed E-state index contributed by atoms with van der Waals surface area (Å²) in [7, 11) is 0.350. The number of hydrogen-bond donors (Lipinski definition) is 2. The minimum absolute atomic E-state index is 0.186. The van der Waals surface area contributed by atoms with Crippen molar-refractivity contribution in [3.63, 3.8) is 0 Å². The topological polar surface area (TPSA) is 130 Å². The summed E-state index contributed by atoms with van der Waals surface area (Å²) in [6.07, 6.45) is -5.64. The molecule has 16 heteroatoms. The number of alkyl halides is 6. The van der Waals surface area contributed by atoms with Crippen LogP contribution < -0.4 is 0 Å². The van der Waals surface area contributed by atoms with Crippen LogP contribution in [0.4, 0.5) is 26.3 Å². The second-order valence-corrected chi connectivity index (χ2v) is 8.81. The molecule has 0 radical (unpaired) electrons. The van der Waals surface area contributed by atoms with Crippen molar-refractivity contribution in [2.75, 3.05) is 14.1 Å². The van der Waals surface area contributed by atoms with Crippen molar-refractivity contribution in [1.82, 2.24) is 13.9 Å². The van der Waals surface area contributed by atoms with Crippen molar-refractivity contribution >= 4 is 32.9 Å². The molecule has 0 aliphatic heterocycles. The summed E-state index contributed by atoms with van der Waals surface area (Å²) in [6, 6.07) is 10.7. The van der Waals surface area contributed by atoms with Crippen molar-refractivity contribution in [3.8, 4) is 0 Å². The highest BCUT2D eigenvalue weighted by atomic mass is 32.2. The van der Waals surface area contributed by atoms with Crippen molar-refractivity contribution in [3.05, 3.63) is 60.6 Å². The largest absolute Gasteiger partial charge is 0.490 e. The Morgan fingerprint density at radius 1 is 0.944 bits per heavy atom. The first-order chi connectivity index (χ1) is 16.4. The Morgan fingerprint density at radius 3 is 1.89 bits per heavy atom. The Labute approximate surface area is 200 Å². The van der Waals surface area contributed by atoms with Crippen LogP contribution >= 0.6 is 0 Å². The average Bonchev–Trinajstić information content (AvgIpc) is 3.20. The molecule has 0 bridgehead atoms. The molecule has 2 heterocycles. The molecule has 9 nitrogen and oxygen atoms in total. The fraction of sp³-hybridized carbons (Fsp3) is 0.250. The van der Waals surface area contributed by atoms with Crippen LogP contribution in [0.25, 0.3) is 10.9 Å². The molecule has 1 aromatic carbocycles. The summed E-state index contributed by atoms with van der Waals surface area (Å²) in [6.45, 7) is 0.758. The van der Waals surface area contributed by atoms with Crippen molar-refractivity contribution in [2.24, 2.45) is 0 Å². The van der Waals surface area contributed by atoms with Gasteiger partial charge in [-0.1, -0.05) is 12.1 Å². The van der Waals surface area contributed by atoms with E-state index in [4.69, 9.17) is 19.8 Å². The number of carboxylic acid groups (broad SMARTS) is 2. The molecule has 0 amide bonds. The SMILES string of the molecule is CN(C)Cc1cccc2c1ccn2S(=O)(=O)c1cccnc1.O=C(O)C(F)(F)F.O=C(O)C(F)(F)F. The van der Waals surface area contributed by atoms with E-state index in [1.165, 1.54) is 10.2 Å². The molecule has 0 aliphatic rings. The van der Waals surface area contributed by atoms with Crippen LogP contribution in [-0.4, -0.2) is 70.9 Å². The molecule has 3 aromatic rings. The number of halogens is 6. The highest BCUT2D eigenvalue weighted by Crippen LogP contribution is 2.25. The molecule has 198 valence electrons. The maximum absolute atomic E-state index is 12.8. The second kappa shape index (κ2) is 11.9. The number of aliphatic carboxylic acids is 2. The Bertz CT molecular complexity index is 1260. The Hall–Kier alpha value is -3.66. The lowest BCUT2D eigenvalue weighted by Gasteiger charge is -2.11. The number of pyridine rings is 1. The predicted octanol–water partition coefficient (Wildman–Crippen LogP) is 3.60. The van der Waals surface area contributed by atoms with Gasteiger partial charge in [-0.25, -0.2) is 22.0 Å². The number of carboxylic acids is 2. The molecule has 3 rings (SSSR count). The zero-order valence-electron chi connectivity index (χ0n) is 18.4. The molecule has 0 fully saturated rings. The van der Waals surface area contributed by atoms with E-state index in [0.717, 1.165) is 17.5 Å². The number of carbonyl (C=O) groups is 2. The predicted molar refractivity (Wildman–Crippen MR) is 114 cm³/mol. The van der Waals surface area contributed by atoms with Crippen molar-refractivity contribution in [1.29, 1.82) is 0 Å². The van der Waals surface area contributed by atoms with Gasteiger partial charge in [-0.3, -0.25) is 4.98 Å². The summed E-state index contributed by atoms with van der Waals surface area (Å²) in [4.78, 5) is 23.9. The standard InChI is InChI=1S/C16H17N3O2S.2C2HF3O2/c1-18(2)12-13-5-3-7-16-15(13)8-10-19(16)22(20,21)14-6-4-9-17-11-14;2*3-2(4,5)1(6)7/h3-11H,12H2,1-2H3;2*(H,6,7). The second-order valence-electron chi connectivity index (χ2n) is 7.00. The first-order valence-electron chi connectivity index (χ1n) is 9.38. The summed E-state index contributed by atoms with van der Waals surface area (Å²) < 4.78 is 90.3. The molecule has 0 spiro atoms. The maximum atomic E-state index is 12.8. The molecule has 0 saturated heterocycles. The van der Waals surface area contributed by atoms with E-state index in [0.29, 0.717) is 5.52 Å². The van der Waals surface area contributed by atoms with Gasteiger partial charge in [-0.15, -0.1) is 0 Å². The third-order valence-electron chi connectivity index (χ3n) is 3.95. The van der Waals surface area contributed by atoms with E-state index in [1.54, 1.807) is 24.5 Å². The number of nitrogens with zero attached hydrogens (tertiary/aromatic N) is 3. The number of rotatable bonds is 4. The third-order valence-corrected chi connectivity index (χ3v) is 5.62. The lowest BCUT2D eigenvalue weighted by atomic mass is 10.1. The third kappa shape index (κ3) is 8.53. The molecule has 0 atom stereocenters. The van der Waals surface area contributed by atoms with E-state index in [-0.39, 0.29) is 4.90 Å². The number of fused-ring (bicyclic) bond motifs is 1. The van der Waals surface area contributed by atoms with Gasteiger partial charge in [0, 0.05) is 30.5 Å². The fourth-order valence-electron chi connectivity index (χ4n) is 2.51. The number of benzene rings is 1. The summed E-state index contributed by atoms with van der Waals surface area (Å²) >= 11 is 0. The highest BCUT2D eigenvalue weighted by Gasteiger charge is 2.38. The first-order valence-corrected chi connectivity index (χ1v) is 10.8. The summed E-state index contributed by atoms with van der Waals surface area (Å²) in [5, 5.41) is 15.2. The van der Waals surface area contributed by atoms with Gasteiger partial charge >= 0.3 is 24.3 Å². The van der Waals surface area contributed by atoms with Gasteiger partial charge in [-0.05, 0) is 43.9 Å². The van der Waals surface area contributed by atoms with E-state index in [2.05, 4.69) is 9.88 Å². The van der Waals surface area contributed by atoms with Gasteiger partial charge in [-0.2, -0.15) is 26.3 Å². The van der Waals surface area contributed by atoms with Crippen LogP contribution in [0.15, 0.2) is 59.9 Å². The van der Waals surface area contributed by atoms with Crippen LogP contribution in [0.3, 0.4) is 0 Å². The van der Waals surface area contributed by atoms with Crippen LogP contribution in [-0.2, 0) is 26.2 Å². The van der Waals surface area contributed by atoms with Gasteiger partial charge in [0.05, 0.1) is 5.52 Å². The summed E-state index contributed by atoms with van der Waals surface area (Å²) in [5.41, 5.74) is 1.78. The average molecular weight is 543 g/mol. The van der Waals surface area contributed by atoms with Crippen LogP contribution in [0.2, 0.25) is 0 Å². The van der Waals surface area contributed by atoms with Crippen LogP contribution in [0.5, 0.6) is 0 Å². The minimum atomic E-state index is -5.08. The minimum Gasteiger partial charge on any atom is -0.475 e. The number of aromatic nitrogens is 2. The molecule has 2 aromatic heterocycles. The number of hydrogen-bond acceptors (Lipinski definition) is 6. The summed E-state index contributed by atoms with van der Waals surface area (Å²) in [5.74, 6) is -5.51. The molecule has 0 unspecified atom stereocenters. The van der Waals surface area contributed by atoms with Crippen LogP contribution in [0.1, 0.15) is 5.56 Å². The monoisotopic (exact) mass is 543 g/mol. The highest BCUT2D eigenvalue weighted by molar-refractivity contribution is 7.90. The lowest BCUT2D eigenvalue weighted by molar-refractivity contribution is -0.193. The molecule has 0 aliphatic carbocycles. The normalized spacial score (nSPS) is 11.8. The van der Waals surface area contributed by atoms with Crippen LogP contribution in [0, 0.1) is 0 Å². The van der Waals surface area contributed by atoms with E-state index < -0.39 is 34.3 Å². The molecule has 36 heavy (non-hydrogen) atoms. The van der Waals surface area contributed by atoms with E-state index in [1.807, 2.05) is 38.4 Å². The Balaban J connectivity index is 0.000000383. The van der Waals surface area contributed by atoms with E-state index >= 15 is 0 Å². The van der Waals surface area contributed by atoms with Gasteiger partial charge in [0.15, 0.2) is 0 Å². The maximum Gasteiger partial charge on any atom is 0.490 e. The van der Waals surface area contributed by atoms with Gasteiger partial charge < -0.3 is 15.1 Å². The molecular formula is C20H19F6N3O6S. The van der Waals surface area contributed by atoms with Gasteiger partial charge in [0.2, 0.25) is 0 Å².